The smallest absolute Gasteiger partial charge is 0.159 e. The number of hydrogen-bond acceptors (Lipinski definition) is 9. The molecule has 38 heavy (non-hydrogen) atoms. The first-order valence-corrected chi connectivity index (χ1v) is 12.4. The van der Waals surface area contributed by atoms with Crippen LogP contribution in [0.5, 0.6) is 0 Å². The van der Waals surface area contributed by atoms with Gasteiger partial charge in [-0.15, -0.1) is 0 Å². The molecule has 7 rings (SSSR count). The summed E-state index contributed by atoms with van der Waals surface area (Å²) in [7, 11) is 0. The van der Waals surface area contributed by atoms with Gasteiger partial charge in [-0.2, -0.15) is 0 Å². The van der Waals surface area contributed by atoms with Gasteiger partial charge in [0.05, 0.1) is 46.9 Å². The zero-order valence-electron chi connectivity index (χ0n) is 20.2. The lowest BCUT2D eigenvalue weighted by Crippen LogP contribution is -2.07. The minimum absolute atomic E-state index is 0.341. The Kier molecular flexibility index (Phi) is 6.18. The molecule has 0 spiro atoms. The summed E-state index contributed by atoms with van der Waals surface area (Å²) in [6.07, 6.45) is 12.6. The maximum Gasteiger partial charge on any atom is 0.159 e. The Hall–Kier alpha value is -4.77. The van der Waals surface area contributed by atoms with Crippen molar-refractivity contribution in [3.63, 3.8) is 0 Å². The molecule has 1 saturated carbocycles. The average molecular weight is 526 g/mol. The number of benzene rings is 2. The normalized spacial score (nSPS) is 12.9. The number of imidazole rings is 2. The van der Waals surface area contributed by atoms with Crippen molar-refractivity contribution in [1.29, 1.82) is 0 Å². The van der Waals surface area contributed by atoms with E-state index in [1.165, 1.54) is 19.0 Å². The lowest BCUT2D eigenvalue weighted by Gasteiger charge is -2.07. The van der Waals surface area contributed by atoms with E-state index >= 15 is 0 Å². The van der Waals surface area contributed by atoms with E-state index < -0.39 is 0 Å². The van der Waals surface area contributed by atoms with Crippen LogP contribution in [0.1, 0.15) is 12.8 Å². The standard InChI is InChI=1S/C15H16N6.C11H8ClN5/c16-11-3-4-12-13(5-11)21(9-19-12)15-8-17-7-14(20-15)18-6-10-1-2-10;12-10-4-14-5-11(16-10)17-6-15-8-2-1-7(13)3-9(8)17/h3-5,7-10H,1-2,6,16H2,(H,18,20);1-6H,13H2. The van der Waals surface area contributed by atoms with Gasteiger partial charge in [0, 0.05) is 17.9 Å². The van der Waals surface area contributed by atoms with E-state index in [1.807, 2.05) is 41.0 Å². The van der Waals surface area contributed by atoms with Gasteiger partial charge in [0.15, 0.2) is 11.6 Å². The van der Waals surface area contributed by atoms with Crippen LogP contribution in [-0.4, -0.2) is 45.6 Å². The summed E-state index contributed by atoms with van der Waals surface area (Å²) >= 11 is 5.81. The summed E-state index contributed by atoms with van der Waals surface area (Å²) in [5.74, 6) is 2.95. The number of fused-ring (bicyclic) bond motifs is 2. The SMILES string of the molecule is Nc1ccc2ncn(-c3cncc(Cl)n3)c2c1.Nc1ccc2ncn(-c3cncc(NCC4CC4)n3)c2c1. The average Bonchev–Trinajstić information content (AvgIpc) is 3.52. The number of rotatable bonds is 5. The van der Waals surface area contributed by atoms with Gasteiger partial charge in [-0.1, -0.05) is 11.6 Å². The predicted octanol–water partition coefficient (Wildman–Crippen LogP) is 4.27. The predicted molar refractivity (Wildman–Crippen MR) is 148 cm³/mol. The Labute approximate surface area is 222 Å². The lowest BCUT2D eigenvalue weighted by atomic mass is 10.3. The van der Waals surface area contributed by atoms with Crippen molar-refractivity contribution in [2.24, 2.45) is 5.92 Å². The molecular weight excluding hydrogens is 502 g/mol. The summed E-state index contributed by atoms with van der Waals surface area (Å²) in [5.41, 5.74) is 16.5. The van der Waals surface area contributed by atoms with Crippen LogP contribution >= 0.6 is 11.6 Å². The molecule has 5 N–H and O–H groups in total. The Morgan fingerprint density at radius 3 is 1.95 bits per heavy atom. The fourth-order valence-corrected chi connectivity index (χ4v) is 4.13. The second kappa shape index (κ2) is 9.94. The number of halogens is 1. The molecule has 6 aromatic rings. The van der Waals surface area contributed by atoms with Crippen LogP contribution in [0.2, 0.25) is 5.15 Å². The highest BCUT2D eigenvalue weighted by Crippen LogP contribution is 2.28. The summed E-state index contributed by atoms with van der Waals surface area (Å²) in [6.45, 7) is 0.968. The van der Waals surface area contributed by atoms with Crippen LogP contribution in [0.4, 0.5) is 17.2 Å². The van der Waals surface area contributed by atoms with E-state index in [4.69, 9.17) is 23.1 Å². The van der Waals surface area contributed by atoms with Gasteiger partial charge in [0.25, 0.3) is 0 Å². The first kappa shape index (κ1) is 23.6. The van der Waals surface area contributed by atoms with Crippen molar-refractivity contribution in [3.8, 4) is 11.6 Å². The molecule has 4 heterocycles. The third-order valence-corrected chi connectivity index (χ3v) is 6.30. The molecule has 0 radical (unpaired) electrons. The van der Waals surface area contributed by atoms with E-state index in [2.05, 4.69) is 35.2 Å². The highest BCUT2D eigenvalue weighted by atomic mass is 35.5. The highest BCUT2D eigenvalue weighted by molar-refractivity contribution is 6.29. The zero-order chi connectivity index (χ0) is 26.1. The molecule has 1 aliphatic carbocycles. The second-order valence-corrected chi connectivity index (χ2v) is 9.40. The number of nitrogens with zero attached hydrogens (tertiary/aromatic N) is 8. The molecule has 0 bridgehead atoms. The molecule has 0 unspecified atom stereocenters. The van der Waals surface area contributed by atoms with E-state index in [9.17, 15) is 0 Å². The van der Waals surface area contributed by atoms with Gasteiger partial charge in [0.2, 0.25) is 0 Å². The van der Waals surface area contributed by atoms with Crippen LogP contribution in [0.15, 0.2) is 73.8 Å². The molecular formula is C26H24ClN11. The van der Waals surface area contributed by atoms with Crippen molar-refractivity contribution in [2.45, 2.75) is 12.8 Å². The van der Waals surface area contributed by atoms with Crippen LogP contribution in [0.3, 0.4) is 0 Å². The second-order valence-electron chi connectivity index (χ2n) is 9.01. The Morgan fingerprint density at radius 1 is 0.789 bits per heavy atom. The molecule has 0 saturated heterocycles. The van der Waals surface area contributed by atoms with Crippen molar-refractivity contribution >= 4 is 50.9 Å². The third kappa shape index (κ3) is 5.04. The molecule has 2 aromatic carbocycles. The topological polar surface area (TPSA) is 151 Å². The first-order chi connectivity index (χ1) is 18.5. The quantitative estimate of drug-likeness (QED) is 0.280. The molecule has 0 aliphatic heterocycles. The number of nitrogen functional groups attached to an aromatic ring is 2. The fraction of sp³-hybridized carbons (Fsp3) is 0.154. The third-order valence-electron chi connectivity index (χ3n) is 6.12. The number of nitrogens with one attached hydrogen (secondary N) is 1. The van der Waals surface area contributed by atoms with Crippen molar-refractivity contribution in [1.82, 2.24) is 39.0 Å². The molecule has 0 atom stereocenters. The van der Waals surface area contributed by atoms with Gasteiger partial charge in [0.1, 0.15) is 23.6 Å². The summed E-state index contributed by atoms with van der Waals surface area (Å²) < 4.78 is 3.70. The minimum Gasteiger partial charge on any atom is -0.399 e. The Balaban J connectivity index is 0.000000142. The Bertz CT molecular complexity index is 1740. The maximum absolute atomic E-state index is 5.86. The van der Waals surface area contributed by atoms with E-state index in [-0.39, 0.29) is 0 Å². The first-order valence-electron chi connectivity index (χ1n) is 12.0. The summed E-state index contributed by atoms with van der Waals surface area (Å²) in [4.78, 5) is 25.7. The zero-order valence-corrected chi connectivity index (χ0v) is 21.0. The molecule has 1 fully saturated rings. The van der Waals surface area contributed by atoms with E-state index in [1.54, 1.807) is 35.8 Å². The van der Waals surface area contributed by atoms with Crippen LogP contribution in [0, 0.1) is 5.92 Å². The number of nitrogens with two attached hydrogens (primary N) is 2. The van der Waals surface area contributed by atoms with Gasteiger partial charge in [-0.25, -0.2) is 19.9 Å². The molecule has 1 aliphatic rings. The number of aromatic nitrogens is 8. The van der Waals surface area contributed by atoms with E-state index in [0.29, 0.717) is 22.3 Å². The molecule has 11 nitrogen and oxygen atoms in total. The van der Waals surface area contributed by atoms with Gasteiger partial charge < -0.3 is 16.8 Å². The van der Waals surface area contributed by atoms with Crippen molar-refractivity contribution < 1.29 is 0 Å². The molecule has 4 aromatic heterocycles. The fourth-order valence-electron chi connectivity index (χ4n) is 3.99. The molecule has 0 amide bonds. The lowest BCUT2D eigenvalue weighted by molar-refractivity contribution is 0.876. The van der Waals surface area contributed by atoms with Crippen LogP contribution in [-0.2, 0) is 0 Å². The van der Waals surface area contributed by atoms with Gasteiger partial charge >= 0.3 is 0 Å². The van der Waals surface area contributed by atoms with E-state index in [0.717, 1.165) is 46.2 Å². The van der Waals surface area contributed by atoms with Crippen molar-refractivity contribution in [2.75, 3.05) is 23.3 Å². The van der Waals surface area contributed by atoms with Crippen LogP contribution < -0.4 is 16.8 Å². The Morgan fingerprint density at radius 2 is 1.37 bits per heavy atom. The number of anilines is 3. The highest BCUT2D eigenvalue weighted by Gasteiger charge is 2.20. The van der Waals surface area contributed by atoms with Crippen molar-refractivity contribution in [3.05, 3.63) is 79.0 Å². The number of hydrogen-bond donors (Lipinski definition) is 3. The van der Waals surface area contributed by atoms with Gasteiger partial charge in [-0.3, -0.25) is 19.1 Å². The largest absolute Gasteiger partial charge is 0.399 e. The monoisotopic (exact) mass is 525 g/mol. The molecule has 12 heteroatoms. The summed E-state index contributed by atoms with van der Waals surface area (Å²) in [5, 5.41) is 3.68. The van der Waals surface area contributed by atoms with Gasteiger partial charge in [-0.05, 0) is 55.2 Å². The molecule has 190 valence electrons. The minimum atomic E-state index is 0.341. The maximum atomic E-state index is 5.86. The van der Waals surface area contributed by atoms with Crippen LogP contribution in [0.25, 0.3) is 33.7 Å². The summed E-state index contributed by atoms with van der Waals surface area (Å²) in [6, 6.07) is 11.2.